The number of likely N-dealkylation sites (N-methyl/N-ethyl adjacent to an activating group) is 1. The van der Waals surface area contributed by atoms with Crippen LogP contribution in [0, 0.1) is 0 Å². The van der Waals surface area contributed by atoms with Gasteiger partial charge in [0.2, 0.25) is 0 Å². The Hall–Kier alpha value is -1.71. The maximum absolute atomic E-state index is 6.53. The lowest BCUT2D eigenvalue weighted by Crippen LogP contribution is -2.37. The number of anilines is 1. The molecule has 2 aliphatic rings. The second kappa shape index (κ2) is 5.65. The van der Waals surface area contributed by atoms with E-state index in [9.17, 15) is 0 Å². The Morgan fingerprint density at radius 3 is 2.84 bits per heavy atom. The molecule has 0 radical (unpaired) electrons. The summed E-state index contributed by atoms with van der Waals surface area (Å²) in [5.74, 6) is 1.38. The third-order valence-electron chi connectivity index (χ3n) is 5.67. The van der Waals surface area contributed by atoms with Crippen molar-refractivity contribution >= 4 is 39.9 Å². The Kier molecular flexibility index (Phi) is 3.51. The number of benzene rings is 2. The summed E-state index contributed by atoms with van der Waals surface area (Å²) < 4.78 is 2.48. The summed E-state index contributed by atoms with van der Waals surface area (Å²) in [6, 6.07) is 12.8. The topological polar surface area (TPSA) is 21.1 Å². The van der Waals surface area contributed by atoms with Crippen molar-refractivity contribution in [3.8, 4) is 0 Å². The van der Waals surface area contributed by atoms with Crippen LogP contribution in [0.25, 0.3) is 11.0 Å². The van der Waals surface area contributed by atoms with Crippen molar-refractivity contribution in [1.82, 2.24) is 9.55 Å². The summed E-state index contributed by atoms with van der Waals surface area (Å²) >= 11 is 12.6. The first-order chi connectivity index (χ1) is 12.2. The zero-order chi connectivity index (χ0) is 17.1. The van der Waals surface area contributed by atoms with Gasteiger partial charge in [0.25, 0.3) is 0 Å². The predicted molar refractivity (Wildman–Crippen MR) is 104 cm³/mol. The molecule has 0 N–H and O–H groups in total. The third kappa shape index (κ3) is 2.22. The number of aromatic nitrogens is 2. The molecule has 0 amide bonds. The summed E-state index contributed by atoms with van der Waals surface area (Å²) in [6.07, 6.45) is 2.22. The van der Waals surface area contributed by atoms with E-state index in [0.29, 0.717) is 11.1 Å². The van der Waals surface area contributed by atoms with Crippen LogP contribution in [0.15, 0.2) is 36.4 Å². The number of imidazole rings is 1. The van der Waals surface area contributed by atoms with Crippen molar-refractivity contribution in [3.05, 3.63) is 57.8 Å². The first-order valence-corrected chi connectivity index (χ1v) is 9.63. The monoisotopic (exact) mass is 371 g/mol. The van der Waals surface area contributed by atoms with Gasteiger partial charge in [-0.15, -0.1) is 0 Å². The van der Waals surface area contributed by atoms with Crippen LogP contribution in [0.3, 0.4) is 0 Å². The number of para-hydroxylation sites is 1. The molecule has 0 saturated heterocycles. The van der Waals surface area contributed by atoms with Gasteiger partial charge in [0.1, 0.15) is 5.82 Å². The number of hydrogen-bond acceptors (Lipinski definition) is 2. The van der Waals surface area contributed by atoms with Crippen molar-refractivity contribution < 1.29 is 0 Å². The lowest BCUT2D eigenvalue weighted by molar-refractivity contribution is 0.374. The fourth-order valence-electron chi connectivity index (χ4n) is 4.54. The average Bonchev–Trinajstić information content (AvgIpc) is 3.01. The standard InChI is InChI=1S/C20H19Cl2N3/c1-2-24-11-13-7-9-15(14-8-6-12(21)10-16(14)22)20-23-17-4-3-5-18(24)19(17)25(13)20/h3-6,8,10,13,15H,2,7,9,11H2,1H3. The Morgan fingerprint density at radius 2 is 2.04 bits per heavy atom. The number of nitrogens with zero attached hydrogens (tertiary/aromatic N) is 3. The smallest absolute Gasteiger partial charge is 0.117 e. The first kappa shape index (κ1) is 15.5. The van der Waals surface area contributed by atoms with E-state index in [-0.39, 0.29) is 5.92 Å². The van der Waals surface area contributed by atoms with E-state index < -0.39 is 0 Å². The molecule has 2 aliphatic heterocycles. The van der Waals surface area contributed by atoms with Crippen molar-refractivity contribution in [1.29, 1.82) is 0 Å². The molecule has 2 unspecified atom stereocenters. The van der Waals surface area contributed by atoms with Gasteiger partial charge in [0.05, 0.1) is 22.8 Å². The van der Waals surface area contributed by atoms with Crippen molar-refractivity contribution in [2.75, 3.05) is 18.0 Å². The third-order valence-corrected chi connectivity index (χ3v) is 6.24. The Morgan fingerprint density at radius 1 is 1.16 bits per heavy atom. The van der Waals surface area contributed by atoms with Crippen molar-refractivity contribution in [2.45, 2.75) is 31.7 Å². The molecule has 0 fully saturated rings. The molecule has 3 heterocycles. The van der Waals surface area contributed by atoms with Gasteiger partial charge in [-0.3, -0.25) is 0 Å². The summed E-state index contributed by atoms with van der Waals surface area (Å²) in [5.41, 5.74) is 4.81. The van der Waals surface area contributed by atoms with Crippen LogP contribution in [0.5, 0.6) is 0 Å². The molecule has 5 heteroatoms. The van der Waals surface area contributed by atoms with Gasteiger partial charge in [0, 0.05) is 29.1 Å². The lowest BCUT2D eigenvalue weighted by Gasteiger charge is -2.39. The van der Waals surface area contributed by atoms with E-state index in [4.69, 9.17) is 28.2 Å². The van der Waals surface area contributed by atoms with E-state index in [0.717, 1.165) is 47.9 Å². The Labute approximate surface area is 157 Å². The van der Waals surface area contributed by atoms with E-state index in [1.165, 1.54) is 11.2 Å². The summed E-state index contributed by atoms with van der Waals surface area (Å²) in [7, 11) is 0. The van der Waals surface area contributed by atoms with Crippen molar-refractivity contribution in [2.24, 2.45) is 0 Å². The SMILES string of the molecule is CCN1CC2CCC(c3ccc(Cl)cc3Cl)c3nc4cccc1c4n32. The van der Waals surface area contributed by atoms with Crippen LogP contribution >= 0.6 is 23.2 Å². The quantitative estimate of drug-likeness (QED) is 0.580. The number of halogens is 2. The molecule has 0 bridgehead atoms. The van der Waals surface area contributed by atoms with E-state index in [1.54, 1.807) is 0 Å². The van der Waals surface area contributed by atoms with E-state index in [1.807, 2.05) is 12.1 Å². The van der Waals surface area contributed by atoms with Crippen LogP contribution in [0.4, 0.5) is 5.69 Å². The average molecular weight is 372 g/mol. The van der Waals surface area contributed by atoms with Gasteiger partial charge in [-0.2, -0.15) is 0 Å². The highest BCUT2D eigenvalue weighted by molar-refractivity contribution is 6.35. The summed E-state index contributed by atoms with van der Waals surface area (Å²) in [5, 5.41) is 1.42. The van der Waals surface area contributed by atoms with Crippen LogP contribution in [0.1, 0.15) is 43.1 Å². The van der Waals surface area contributed by atoms with Crippen LogP contribution < -0.4 is 4.90 Å². The second-order valence-electron chi connectivity index (χ2n) is 6.97. The zero-order valence-corrected chi connectivity index (χ0v) is 15.6. The Balaban J connectivity index is 1.74. The maximum atomic E-state index is 6.53. The predicted octanol–water partition coefficient (Wildman–Crippen LogP) is 5.65. The molecule has 5 rings (SSSR count). The highest BCUT2D eigenvalue weighted by Crippen LogP contribution is 2.46. The Bertz CT molecular complexity index is 978. The molecule has 0 spiro atoms. The van der Waals surface area contributed by atoms with Gasteiger partial charge < -0.3 is 9.47 Å². The molecular formula is C20H19Cl2N3. The summed E-state index contributed by atoms with van der Waals surface area (Å²) in [6.45, 7) is 4.32. The number of hydrogen-bond donors (Lipinski definition) is 0. The van der Waals surface area contributed by atoms with Gasteiger partial charge in [-0.1, -0.05) is 35.3 Å². The fraction of sp³-hybridized carbons (Fsp3) is 0.350. The molecule has 3 nitrogen and oxygen atoms in total. The first-order valence-electron chi connectivity index (χ1n) is 8.88. The zero-order valence-electron chi connectivity index (χ0n) is 14.0. The minimum Gasteiger partial charge on any atom is -0.368 e. The minimum absolute atomic E-state index is 0.231. The van der Waals surface area contributed by atoms with Gasteiger partial charge in [-0.25, -0.2) is 4.98 Å². The molecule has 3 aromatic rings. The fourth-order valence-corrected chi connectivity index (χ4v) is 5.08. The summed E-state index contributed by atoms with van der Waals surface area (Å²) in [4.78, 5) is 7.52. The molecule has 2 atom stereocenters. The van der Waals surface area contributed by atoms with Crippen LogP contribution in [-0.4, -0.2) is 22.6 Å². The molecule has 0 saturated carbocycles. The van der Waals surface area contributed by atoms with Crippen LogP contribution in [0.2, 0.25) is 10.0 Å². The van der Waals surface area contributed by atoms with Crippen LogP contribution in [-0.2, 0) is 0 Å². The second-order valence-corrected chi connectivity index (χ2v) is 7.82. The molecular weight excluding hydrogens is 353 g/mol. The molecule has 1 aromatic heterocycles. The van der Waals surface area contributed by atoms with Gasteiger partial charge in [-0.05, 0) is 49.6 Å². The molecule has 0 aliphatic carbocycles. The van der Waals surface area contributed by atoms with Crippen molar-refractivity contribution in [3.63, 3.8) is 0 Å². The number of rotatable bonds is 2. The molecule has 2 aromatic carbocycles. The van der Waals surface area contributed by atoms with E-state index in [2.05, 4.69) is 40.7 Å². The lowest BCUT2D eigenvalue weighted by atomic mass is 9.87. The highest BCUT2D eigenvalue weighted by atomic mass is 35.5. The van der Waals surface area contributed by atoms with Gasteiger partial charge in [0.15, 0.2) is 0 Å². The minimum atomic E-state index is 0.231. The molecule has 128 valence electrons. The highest BCUT2D eigenvalue weighted by Gasteiger charge is 2.36. The largest absolute Gasteiger partial charge is 0.368 e. The maximum Gasteiger partial charge on any atom is 0.117 e. The van der Waals surface area contributed by atoms with Gasteiger partial charge >= 0.3 is 0 Å². The molecule has 25 heavy (non-hydrogen) atoms. The normalized spacial score (nSPS) is 21.8. The van der Waals surface area contributed by atoms with E-state index >= 15 is 0 Å².